The Bertz CT molecular complexity index is 1450. The Hall–Kier alpha value is -4.33. The number of aliphatic hydroxyl groups excluding tert-OH is 1. The molecule has 9 nitrogen and oxygen atoms in total. The first-order chi connectivity index (χ1) is 17.2. The Morgan fingerprint density at radius 1 is 1.22 bits per heavy atom. The quantitative estimate of drug-likeness (QED) is 0.299. The predicted octanol–water partition coefficient (Wildman–Crippen LogP) is 3.37. The number of aliphatic hydroxyl groups is 2. The van der Waals surface area contributed by atoms with Gasteiger partial charge in [-0.1, -0.05) is 12.1 Å². The van der Waals surface area contributed by atoms with Crippen molar-refractivity contribution in [1.82, 2.24) is 19.9 Å². The summed E-state index contributed by atoms with van der Waals surface area (Å²) in [5.74, 6) is -0.115. The molecule has 3 aromatic heterocycles. The fourth-order valence-electron chi connectivity index (χ4n) is 3.56. The fourth-order valence-corrected chi connectivity index (χ4v) is 3.56. The Balaban J connectivity index is 1.72. The number of nitrogens with zero attached hydrogens (tertiary/aromatic N) is 4. The second-order valence-electron chi connectivity index (χ2n) is 8.84. The minimum atomic E-state index is -1.66. The molecule has 1 amide bonds. The number of carbonyl (C=O) groups is 1. The number of amides is 1. The first-order valence-electron chi connectivity index (χ1n) is 11.2. The summed E-state index contributed by atoms with van der Waals surface area (Å²) >= 11 is 0. The first-order valence-corrected chi connectivity index (χ1v) is 11.2. The number of benzene rings is 1. The highest BCUT2D eigenvalue weighted by Crippen LogP contribution is 2.26. The summed E-state index contributed by atoms with van der Waals surface area (Å²) in [6.07, 6.45) is 2.93. The molecule has 4 N–H and O–H groups in total. The molecule has 4 aromatic rings. The van der Waals surface area contributed by atoms with Crippen LogP contribution < -0.4 is 10.6 Å². The zero-order chi connectivity index (χ0) is 25.9. The fraction of sp³-hybridized carbons (Fsp3) is 0.231. The molecule has 0 radical (unpaired) electrons. The molecule has 0 aliphatic rings. The van der Waals surface area contributed by atoms with E-state index in [-0.39, 0.29) is 18.7 Å². The van der Waals surface area contributed by atoms with Gasteiger partial charge in [-0.3, -0.25) is 9.36 Å². The highest BCUT2D eigenvalue weighted by Gasteiger charge is 2.27. The van der Waals surface area contributed by atoms with Crippen LogP contribution in [0.3, 0.4) is 0 Å². The van der Waals surface area contributed by atoms with Gasteiger partial charge in [0.2, 0.25) is 0 Å². The number of nitriles is 1. The van der Waals surface area contributed by atoms with Crippen LogP contribution in [0.4, 0.5) is 15.8 Å². The van der Waals surface area contributed by atoms with Crippen LogP contribution in [0.25, 0.3) is 16.9 Å². The van der Waals surface area contributed by atoms with Gasteiger partial charge in [0.25, 0.3) is 5.91 Å². The summed E-state index contributed by atoms with van der Waals surface area (Å²) in [4.78, 5) is 21.7. The zero-order valence-electron chi connectivity index (χ0n) is 19.7. The van der Waals surface area contributed by atoms with Gasteiger partial charge in [0, 0.05) is 35.7 Å². The van der Waals surface area contributed by atoms with E-state index in [9.17, 15) is 19.4 Å². The van der Waals surface area contributed by atoms with Crippen LogP contribution in [0.15, 0.2) is 61.1 Å². The number of anilines is 2. The van der Waals surface area contributed by atoms with E-state index in [1.54, 1.807) is 53.2 Å². The highest BCUT2D eigenvalue weighted by molar-refractivity contribution is 6.00. The maximum absolute atomic E-state index is 14.2. The van der Waals surface area contributed by atoms with Gasteiger partial charge in [0.15, 0.2) is 0 Å². The molecule has 10 heteroatoms. The molecule has 184 valence electrons. The van der Waals surface area contributed by atoms with E-state index in [0.717, 1.165) is 5.39 Å². The van der Waals surface area contributed by atoms with Crippen molar-refractivity contribution in [2.45, 2.75) is 32.2 Å². The number of fused-ring (bicyclic) bond motifs is 1. The summed E-state index contributed by atoms with van der Waals surface area (Å²) in [5, 5.41) is 34.9. The van der Waals surface area contributed by atoms with E-state index in [2.05, 4.69) is 26.7 Å². The number of aromatic nitrogens is 3. The number of pyridine rings is 2. The largest absolute Gasteiger partial charge is 0.392 e. The molecule has 4 rings (SSSR count). The molecule has 0 saturated carbocycles. The average Bonchev–Trinajstić information content (AvgIpc) is 3.29. The van der Waals surface area contributed by atoms with Crippen molar-refractivity contribution in [3.05, 3.63) is 77.7 Å². The van der Waals surface area contributed by atoms with Gasteiger partial charge in [-0.05, 0) is 43.7 Å². The lowest BCUT2D eigenvalue weighted by atomic mass is 10.0. The van der Waals surface area contributed by atoms with Crippen LogP contribution in [0.1, 0.15) is 35.3 Å². The van der Waals surface area contributed by atoms with Gasteiger partial charge in [-0.2, -0.15) is 5.26 Å². The van der Waals surface area contributed by atoms with Crippen molar-refractivity contribution in [2.24, 2.45) is 0 Å². The molecule has 36 heavy (non-hydrogen) atoms. The van der Waals surface area contributed by atoms with Gasteiger partial charge >= 0.3 is 0 Å². The molecule has 1 atom stereocenters. The first kappa shape index (κ1) is 24.8. The lowest BCUT2D eigenvalue weighted by Crippen LogP contribution is -2.42. The van der Waals surface area contributed by atoms with Crippen LogP contribution >= 0.6 is 0 Å². The van der Waals surface area contributed by atoms with Crippen LogP contribution in [0, 0.1) is 11.3 Å². The van der Waals surface area contributed by atoms with Gasteiger partial charge < -0.3 is 20.8 Å². The Kier molecular flexibility index (Phi) is 6.96. The van der Waals surface area contributed by atoms with E-state index in [0.29, 0.717) is 34.0 Å². The number of nitrogens with one attached hydrogen (secondary N) is 2. The van der Waals surface area contributed by atoms with Crippen LogP contribution in [-0.2, 0) is 6.61 Å². The molecular weight excluding hydrogens is 463 g/mol. The van der Waals surface area contributed by atoms with Crippen molar-refractivity contribution < 1.29 is 19.4 Å². The monoisotopic (exact) mass is 488 g/mol. The van der Waals surface area contributed by atoms with Crippen LogP contribution in [-0.4, -0.2) is 49.0 Å². The van der Waals surface area contributed by atoms with E-state index in [1.807, 2.05) is 0 Å². The van der Waals surface area contributed by atoms with Crippen molar-refractivity contribution in [1.29, 1.82) is 5.26 Å². The maximum Gasteiger partial charge on any atom is 0.255 e. The summed E-state index contributed by atoms with van der Waals surface area (Å²) < 4.78 is 15.9. The van der Waals surface area contributed by atoms with Crippen LogP contribution in [0.5, 0.6) is 0 Å². The van der Waals surface area contributed by atoms with Crippen molar-refractivity contribution >= 4 is 28.3 Å². The highest BCUT2D eigenvalue weighted by atomic mass is 19.1. The number of carbonyl (C=O) groups excluding carboxylic acids is 1. The molecule has 1 aromatic carbocycles. The molecule has 0 aliphatic heterocycles. The van der Waals surface area contributed by atoms with E-state index in [1.165, 1.54) is 26.2 Å². The molecule has 0 spiro atoms. The standard InChI is InChI=1S/C26H25FN6O3/c1-26(2,36)22(27)14-31-25(35)20-13-29-23(10-21(20)32-19-5-3-4-16(9-19)15-34)33-7-6-18-8-17(11-28)12-30-24(18)33/h3-10,12-13,22,34,36H,14-15H2,1-2H3,(H,29,32)(H,31,35). The number of hydrogen-bond acceptors (Lipinski definition) is 7. The minimum absolute atomic E-state index is 0.148. The van der Waals surface area contributed by atoms with E-state index < -0.39 is 17.7 Å². The van der Waals surface area contributed by atoms with E-state index in [4.69, 9.17) is 5.26 Å². The normalized spacial score (nSPS) is 12.2. The molecule has 0 bridgehead atoms. The Morgan fingerprint density at radius 3 is 2.75 bits per heavy atom. The molecule has 0 aliphatic carbocycles. The smallest absolute Gasteiger partial charge is 0.255 e. The lowest BCUT2D eigenvalue weighted by Gasteiger charge is -2.22. The SMILES string of the molecule is CC(C)(O)C(F)CNC(=O)c1cnc(-n2ccc3cc(C#N)cnc32)cc1Nc1cccc(CO)c1. The number of alkyl halides is 1. The Morgan fingerprint density at radius 2 is 2.03 bits per heavy atom. The van der Waals surface area contributed by atoms with Crippen molar-refractivity contribution in [3.63, 3.8) is 0 Å². The third kappa shape index (κ3) is 5.33. The van der Waals surface area contributed by atoms with Crippen LogP contribution in [0.2, 0.25) is 0 Å². The van der Waals surface area contributed by atoms with Gasteiger partial charge in [0.1, 0.15) is 23.7 Å². The lowest BCUT2D eigenvalue weighted by molar-refractivity contribution is -0.00177. The third-order valence-electron chi connectivity index (χ3n) is 5.63. The molecule has 0 fully saturated rings. The van der Waals surface area contributed by atoms with Crippen molar-refractivity contribution in [3.8, 4) is 11.9 Å². The summed E-state index contributed by atoms with van der Waals surface area (Å²) in [7, 11) is 0. The maximum atomic E-state index is 14.2. The molecule has 0 saturated heterocycles. The minimum Gasteiger partial charge on any atom is -0.392 e. The summed E-state index contributed by atoms with van der Waals surface area (Å²) in [6.45, 7) is 2.13. The number of rotatable bonds is 8. The molecular formula is C26H25FN6O3. The van der Waals surface area contributed by atoms with Crippen molar-refractivity contribution in [2.75, 3.05) is 11.9 Å². The second-order valence-corrected chi connectivity index (χ2v) is 8.84. The summed E-state index contributed by atoms with van der Waals surface area (Å²) in [5.41, 5.74) is 1.27. The zero-order valence-corrected chi connectivity index (χ0v) is 19.7. The number of halogens is 1. The third-order valence-corrected chi connectivity index (χ3v) is 5.63. The van der Waals surface area contributed by atoms with Gasteiger partial charge in [-0.15, -0.1) is 0 Å². The number of hydrogen-bond donors (Lipinski definition) is 4. The van der Waals surface area contributed by atoms with E-state index >= 15 is 0 Å². The predicted molar refractivity (Wildman–Crippen MR) is 133 cm³/mol. The average molecular weight is 489 g/mol. The Labute approximate surface area is 206 Å². The summed E-state index contributed by atoms with van der Waals surface area (Å²) in [6, 6.07) is 14.3. The van der Waals surface area contributed by atoms with Gasteiger partial charge in [0.05, 0.1) is 35.6 Å². The second kappa shape index (κ2) is 10.1. The van der Waals surface area contributed by atoms with Gasteiger partial charge in [-0.25, -0.2) is 14.4 Å². The molecule has 1 unspecified atom stereocenters. The topological polar surface area (TPSA) is 136 Å². The molecule has 3 heterocycles.